The second kappa shape index (κ2) is 10.3. The van der Waals surface area contributed by atoms with Crippen LogP contribution >= 0.6 is 11.6 Å². The van der Waals surface area contributed by atoms with Crippen LogP contribution in [0.15, 0.2) is 36.7 Å². The van der Waals surface area contributed by atoms with Crippen molar-refractivity contribution in [3.8, 4) is 0 Å². The summed E-state index contributed by atoms with van der Waals surface area (Å²) >= 11 is 6.09. The minimum Gasteiger partial charge on any atom is -0.452 e. The Morgan fingerprint density at radius 3 is 2.78 bits per heavy atom. The lowest BCUT2D eigenvalue weighted by atomic mass is 10.2. The lowest BCUT2D eigenvalue weighted by Gasteiger charge is -2.06. The molecular formula is C17H19ClN4O5. The number of carbonyl (C=O) groups excluding carboxylic acids is 3. The predicted octanol–water partition coefficient (Wildman–Crippen LogP) is 1.21. The van der Waals surface area contributed by atoms with Crippen LogP contribution in [-0.2, 0) is 20.8 Å². The van der Waals surface area contributed by atoms with Gasteiger partial charge in [-0.3, -0.25) is 14.8 Å². The highest BCUT2D eigenvalue weighted by Gasteiger charge is 2.14. The number of nitrogens with one attached hydrogen (secondary N) is 2. The molecule has 2 N–H and O–H groups in total. The van der Waals surface area contributed by atoms with Crippen LogP contribution in [0, 0.1) is 0 Å². The first-order chi connectivity index (χ1) is 13.0. The quantitative estimate of drug-likeness (QED) is 0.514. The summed E-state index contributed by atoms with van der Waals surface area (Å²) in [4.78, 5) is 35.0. The van der Waals surface area contributed by atoms with Gasteiger partial charge in [0.15, 0.2) is 6.61 Å². The summed E-state index contributed by atoms with van der Waals surface area (Å²) in [6, 6.07) is 6.59. The minimum atomic E-state index is -0.748. The van der Waals surface area contributed by atoms with Crippen molar-refractivity contribution in [3.63, 3.8) is 0 Å². The zero-order valence-corrected chi connectivity index (χ0v) is 15.4. The first kappa shape index (κ1) is 20.4. The molecule has 1 heterocycles. The van der Waals surface area contributed by atoms with E-state index in [1.807, 2.05) is 23.5 Å². The molecule has 0 radical (unpaired) electrons. The van der Waals surface area contributed by atoms with Crippen molar-refractivity contribution < 1.29 is 23.9 Å². The van der Waals surface area contributed by atoms with Gasteiger partial charge in [0.05, 0.1) is 24.9 Å². The molecule has 2 aromatic rings. The molecule has 2 rings (SSSR count). The Labute approximate surface area is 160 Å². The Morgan fingerprint density at radius 2 is 2.04 bits per heavy atom. The van der Waals surface area contributed by atoms with E-state index in [1.54, 1.807) is 6.07 Å². The maximum atomic E-state index is 12.0. The number of esters is 1. The highest BCUT2D eigenvalue weighted by Crippen LogP contribution is 2.16. The number of benzene rings is 1. The zero-order chi connectivity index (χ0) is 19.6. The van der Waals surface area contributed by atoms with E-state index < -0.39 is 24.5 Å². The average molecular weight is 395 g/mol. The Bertz CT molecular complexity index is 808. The van der Waals surface area contributed by atoms with Crippen molar-refractivity contribution in [3.05, 3.63) is 52.8 Å². The summed E-state index contributed by atoms with van der Waals surface area (Å²) in [5.41, 5.74) is 1.03. The minimum absolute atomic E-state index is 0.180. The summed E-state index contributed by atoms with van der Waals surface area (Å²) in [5, 5.41) is 9.10. The molecule has 27 heavy (non-hydrogen) atoms. The molecule has 0 saturated carbocycles. The topological polar surface area (TPSA) is 112 Å². The third-order valence-corrected chi connectivity index (χ3v) is 3.71. The lowest BCUT2D eigenvalue weighted by Crippen LogP contribution is -2.42. The number of urea groups is 1. The molecule has 0 atom stereocenters. The van der Waals surface area contributed by atoms with Gasteiger partial charge in [0.2, 0.25) is 0 Å². The lowest BCUT2D eigenvalue weighted by molar-refractivity contribution is -0.123. The van der Waals surface area contributed by atoms with Crippen LogP contribution in [0.2, 0.25) is 5.02 Å². The number of rotatable bonds is 8. The molecule has 1 aromatic heterocycles. The number of imide groups is 1. The van der Waals surface area contributed by atoms with Gasteiger partial charge < -0.3 is 14.8 Å². The van der Waals surface area contributed by atoms with Crippen LogP contribution in [-0.4, -0.2) is 54.6 Å². The Kier molecular flexibility index (Phi) is 7.78. The molecule has 0 aliphatic carbocycles. The molecule has 3 amide bonds. The second-order valence-electron chi connectivity index (χ2n) is 5.39. The van der Waals surface area contributed by atoms with Crippen LogP contribution in [0.4, 0.5) is 4.79 Å². The van der Waals surface area contributed by atoms with Gasteiger partial charge in [-0.2, -0.15) is 5.10 Å². The maximum absolute atomic E-state index is 12.0. The fraction of sp³-hybridized carbons (Fsp3) is 0.294. The summed E-state index contributed by atoms with van der Waals surface area (Å²) in [6.45, 7) is 0.357. The van der Waals surface area contributed by atoms with Crippen LogP contribution in [0.1, 0.15) is 15.9 Å². The van der Waals surface area contributed by atoms with Crippen molar-refractivity contribution in [2.24, 2.45) is 0 Å². The van der Waals surface area contributed by atoms with Crippen LogP contribution < -0.4 is 10.6 Å². The molecule has 0 aliphatic rings. The Balaban J connectivity index is 1.79. The normalized spacial score (nSPS) is 10.3. The van der Waals surface area contributed by atoms with E-state index in [2.05, 4.69) is 10.4 Å². The summed E-state index contributed by atoms with van der Waals surface area (Å²) in [6.07, 6.45) is 2.82. The van der Waals surface area contributed by atoms with Gasteiger partial charge in [0.25, 0.3) is 5.91 Å². The number of amides is 3. The Morgan fingerprint density at radius 1 is 1.26 bits per heavy atom. The monoisotopic (exact) mass is 394 g/mol. The zero-order valence-electron chi connectivity index (χ0n) is 14.6. The molecule has 1 aromatic carbocycles. The van der Waals surface area contributed by atoms with Gasteiger partial charge in [-0.15, -0.1) is 0 Å². The number of aromatic nitrogens is 2. The fourth-order valence-electron chi connectivity index (χ4n) is 2.04. The molecule has 9 nitrogen and oxygen atoms in total. The smallest absolute Gasteiger partial charge is 0.341 e. The summed E-state index contributed by atoms with van der Waals surface area (Å²) < 4.78 is 11.2. The van der Waals surface area contributed by atoms with E-state index in [9.17, 15) is 14.4 Å². The van der Waals surface area contributed by atoms with Gasteiger partial charge in [-0.1, -0.05) is 29.8 Å². The van der Waals surface area contributed by atoms with Crippen molar-refractivity contribution in [1.82, 2.24) is 20.4 Å². The molecule has 0 fully saturated rings. The van der Waals surface area contributed by atoms with Crippen LogP contribution in [0.5, 0.6) is 0 Å². The van der Waals surface area contributed by atoms with Crippen molar-refractivity contribution in [2.75, 3.05) is 26.9 Å². The van der Waals surface area contributed by atoms with Crippen molar-refractivity contribution >= 4 is 29.5 Å². The number of hydrogen-bond donors (Lipinski definition) is 2. The van der Waals surface area contributed by atoms with E-state index in [0.29, 0.717) is 18.2 Å². The highest BCUT2D eigenvalue weighted by molar-refractivity contribution is 6.31. The number of ether oxygens (including phenoxy) is 2. The molecule has 0 saturated heterocycles. The van der Waals surface area contributed by atoms with Gasteiger partial charge in [0, 0.05) is 24.9 Å². The van der Waals surface area contributed by atoms with E-state index in [0.717, 1.165) is 5.56 Å². The van der Waals surface area contributed by atoms with Crippen molar-refractivity contribution in [2.45, 2.75) is 6.54 Å². The van der Waals surface area contributed by atoms with Crippen molar-refractivity contribution in [1.29, 1.82) is 0 Å². The van der Waals surface area contributed by atoms with Gasteiger partial charge in [-0.25, -0.2) is 9.59 Å². The number of methoxy groups -OCH3 is 1. The maximum Gasteiger partial charge on any atom is 0.341 e. The highest BCUT2D eigenvalue weighted by atomic mass is 35.5. The van der Waals surface area contributed by atoms with Crippen LogP contribution in [0.3, 0.4) is 0 Å². The second-order valence-corrected chi connectivity index (χ2v) is 5.80. The van der Waals surface area contributed by atoms with Gasteiger partial charge in [0.1, 0.15) is 0 Å². The third-order valence-electron chi connectivity index (χ3n) is 3.34. The molecular weight excluding hydrogens is 376 g/mol. The van der Waals surface area contributed by atoms with E-state index in [1.165, 1.54) is 24.2 Å². The number of nitrogens with zero attached hydrogens (tertiary/aromatic N) is 2. The summed E-state index contributed by atoms with van der Waals surface area (Å²) in [7, 11) is 1.49. The van der Waals surface area contributed by atoms with E-state index in [4.69, 9.17) is 21.1 Å². The number of hydrogen-bond acceptors (Lipinski definition) is 6. The Hall–Kier alpha value is -2.91. The molecule has 10 heteroatoms. The molecule has 0 aliphatic heterocycles. The fourth-order valence-corrected chi connectivity index (χ4v) is 2.24. The first-order valence-corrected chi connectivity index (χ1v) is 8.37. The van der Waals surface area contributed by atoms with Crippen LogP contribution in [0.25, 0.3) is 0 Å². The average Bonchev–Trinajstić information content (AvgIpc) is 3.10. The van der Waals surface area contributed by atoms with Gasteiger partial charge >= 0.3 is 12.0 Å². The van der Waals surface area contributed by atoms with Gasteiger partial charge in [-0.05, 0) is 11.6 Å². The number of halogens is 1. The largest absolute Gasteiger partial charge is 0.452 e. The molecule has 0 bridgehead atoms. The van der Waals surface area contributed by atoms with E-state index in [-0.39, 0.29) is 12.1 Å². The molecule has 144 valence electrons. The molecule has 0 unspecified atom stereocenters. The SMILES string of the molecule is COCCNC(=O)NC(=O)COC(=O)c1cnn(Cc2ccccc2Cl)c1. The predicted molar refractivity (Wildman–Crippen MR) is 96.5 cm³/mol. The molecule has 0 spiro atoms. The third kappa shape index (κ3) is 6.72. The first-order valence-electron chi connectivity index (χ1n) is 7.99. The standard InChI is InChI=1S/C17H19ClN4O5/c1-26-7-6-19-17(25)21-15(23)11-27-16(24)13-8-20-22(10-13)9-12-4-2-3-5-14(12)18/h2-5,8,10H,6-7,9,11H2,1H3,(H2,19,21,23,25). The van der Waals surface area contributed by atoms with E-state index >= 15 is 0 Å². The number of carbonyl (C=O) groups is 3. The summed E-state index contributed by atoms with van der Waals surface area (Å²) in [5.74, 6) is -1.47.